The summed E-state index contributed by atoms with van der Waals surface area (Å²) in [5, 5.41) is -0.142. The number of carbonyl (C=O) groups is 1. The zero-order valence-electron chi connectivity index (χ0n) is 14.6. The lowest BCUT2D eigenvalue weighted by atomic mass is 9.87. The molecule has 1 atom stereocenters. The fourth-order valence-electron chi connectivity index (χ4n) is 4.26. The molecule has 0 radical (unpaired) electrons. The van der Waals surface area contributed by atoms with Crippen LogP contribution in [0.1, 0.15) is 44.9 Å². The van der Waals surface area contributed by atoms with Crippen LogP contribution in [-0.2, 0) is 14.8 Å². The van der Waals surface area contributed by atoms with Crippen LogP contribution in [0.25, 0.3) is 0 Å². The maximum absolute atomic E-state index is 12.7. The highest BCUT2D eigenvalue weighted by atomic mass is 32.2. The average molecular weight is 356 g/mol. The van der Waals surface area contributed by atoms with Gasteiger partial charge in [-0.1, -0.05) is 0 Å². The van der Waals surface area contributed by atoms with Gasteiger partial charge in [0.25, 0.3) is 0 Å². The SMILES string of the molecule is CN1CCN(S(=O)(=O)C2CC2)C[C@@]12CCC(=O)N(CC1CC1)CC2. The van der Waals surface area contributed by atoms with Crippen LogP contribution in [0.3, 0.4) is 0 Å². The zero-order chi connectivity index (χ0) is 16.9. The molecule has 0 unspecified atom stereocenters. The summed E-state index contributed by atoms with van der Waals surface area (Å²) in [5.74, 6) is 0.966. The van der Waals surface area contributed by atoms with Crippen LogP contribution in [0.15, 0.2) is 0 Å². The second kappa shape index (κ2) is 5.95. The number of likely N-dealkylation sites (tertiary alicyclic amines) is 1. The molecule has 2 saturated carbocycles. The van der Waals surface area contributed by atoms with Gasteiger partial charge in [-0.25, -0.2) is 8.42 Å². The summed E-state index contributed by atoms with van der Waals surface area (Å²) in [7, 11) is -1.03. The highest BCUT2D eigenvalue weighted by Gasteiger charge is 2.48. The summed E-state index contributed by atoms with van der Waals surface area (Å²) >= 11 is 0. The highest BCUT2D eigenvalue weighted by molar-refractivity contribution is 7.90. The van der Waals surface area contributed by atoms with Crippen molar-refractivity contribution in [2.75, 3.05) is 39.8 Å². The molecule has 136 valence electrons. The molecule has 1 amide bonds. The lowest BCUT2D eigenvalue weighted by molar-refractivity contribution is -0.130. The summed E-state index contributed by atoms with van der Waals surface area (Å²) in [6.45, 7) is 3.60. The van der Waals surface area contributed by atoms with Crippen molar-refractivity contribution >= 4 is 15.9 Å². The van der Waals surface area contributed by atoms with E-state index in [0.29, 0.717) is 25.4 Å². The van der Waals surface area contributed by atoms with Crippen LogP contribution in [0.5, 0.6) is 0 Å². The minimum Gasteiger partial charge on any atom is -0.342 e. The molecular weight excluding hydrogens is 326 g/mol. The van der Waals surface area contributed by atoms with Gasteiger partial charge in [-0.3, -0.25) is 9.69 Å². The molecule has 0 bridgehead atoms. The summed E-state index contributed by atoms with van der Waals surface area (Å²) in [6.07, 6.45) is 6.35. The fourth-order valence-corrected chi connectivity index (χ4v) is 6.17. The van der Waals surface area contributed by atoms with Crippen molar-refractivity contribution < 1.29 is 13.2 Å². The van der Waals surface area contributed by atoms with Crippen LogP contribution < -0.4 is 0 Å². The van der Waals surface area contributed by atoms with Gasteiger partial charge in [0.15, 0.2) is 0 Å². The van der Waals surface area contributed by atoms with Crippen molar-refractivity contribution in [2.24, 2.45) is 5.92 Å². The number of hydrogen-bond acceptors (Lipinski definition) is 4. The van der Waals surface area contributed by atoms with Gasteiger partial charge in [0.2, 0.25) is 15.9 Å². The van der Waals surface area contributed by atoms with E-state index in [4.69, 9.17) is 0 Å². The molecule has 4 aliphatic rings. The van der Waals surface area contributed by atoms with Gasteiger partial charge >= 0.3 is 0 Å². The van der Waals surface area contributed by atoms with Crippen LogP contribution in [0.2, 0.25) is 0 Å². The molecule has 0 aromatic heterocycles. The molecule has 7 heteroatoms. The van der Waals surface area contributed by atoms with Crippen molar-refractivity contribution in [1.29, 1.82) is 0 Å². The largest absolute Gasteiger partial charge is 0.342 e. The van der Waals surface area contributed by atoms with Gasteiger partial charge in [-0.15, -0.1) is 0 Å². The number of sulfonamides is 1. The summed E-state index contributed by atoms with van der Waals surface area (Å²) in [4.78, 5) is 16.8. The standard InChI is InChI=1S/C17H29N3O3S/c1-18-10-11-20(24(22,23)15-4-5-15)13-17(18)7-6-16(21)19(9-8-17)12-14-2-3-14/h14-15H,2-13H2,1H3/t17-/m0/s1. The number of amides is 1. The zero-order valence-corrected chi connectivity index (χ0v) is 15.4. The van der Waals surface area contributed by atoms with E-state index in [1.54, 1.807) is 4.31 Å². The van der Waals surface area contributed by atoms with E-state index in [-0.39, 0.29) is 16.7 Å². The Kier molecular flexibility index (Phi) is 4.16. The number of hydrogen-bond donors (Lipinski definition) is 0. The topological polar surface area (TPSA) is 60.9 Å². The number of carbonyl (C=O) groups excluding carboxylic acids is 1. The Labute approximate surface area is 145 Å². The first-order chi connectivity index (χ1) is 11.4. The smallest absolute Gasteiger partial charge is 0.222 e. The van der Waals surface area contributed by atoms with Crippen LogP contribution in [0, 0.1) is 5.92 Å². The first-order valence-electron chi connectivity index (χ1n) is 9.39. The van der Waals surface area contributed by atoms with E-state index < -0.39 is 10.0 Å². The molecule has 0 aromatic carbocycles. The van der Waals surface area contributed by atoms with Crippen LogP contribution in [0.4, 0.5) is 0 Å². The third-order valence-corrected chi connectivity index (χ3v) is 8.80. The Balaban J connectivity index is 1.50. The summed E-state index contributed by atoms with van der Waals surface area (Å²) in [5.41, 5.74) is -0.172. The van der Waals surface area contributed by atoms with Crippen LogP contribution in [-0.4, -0.2) is 79.0 Å². The minimum atomic E-state index is -3.13. The maximum Gasteiger partial charge on any atom is 0.222 e. The second-order valence-electron chi connectivity index (χ2n) is 8.26. The monoisotopic (exact) mass is 355 g/mol. The summed E-state index contributed by atoms with van der Waals surface area (Å²) < 4.78 is 27.1. The average Bonchev–Trinajstić information content (AvgIpc) is 3.42. The van der Waals surface area contributed by atoms with E-state index in [9.17, 15) is 13.2 Å². The van der Waals surface area contributed by atoms with Gasteiger partial charge in [0.1, 0.15) is 0 Å². The predicted octanol–water partition coefficient (Wildman–Crippen LogP) is 0.887. The Morgan fingerprint density at radius 2 is 1.83 bits per heavy atom. The van der Waals surface area contributed by atoms with Crippen molar-refractivity contribution in [2.45, 2.75) is 55.7 Å². The van der Waals surface area contributed by atoms with E-state index in [2.05, 4.69) is 11.9 Å². The molecule has 24 heavy (non-hydrogen) atoms. The Bertz CT molecular complexity index is 615. The van der Waals surface area contributed by atoms with Gasteiger partial charge in [-0.05, 0) is 51.5 Å². The molecule has 2 aliphatic heterocycles. The molecule has 4 rings (SSSR count). The van der Waals surface area contributed by atoms with Crippen molar-refractivity contribution in [3.63, 3.8) is 0 Å². The molecule has 2 aliphatic carbocycles. The fraction of sp³-hybridized carbons (Fsp3) is 0.941. The Hall–Kier alpha value is -0.660. The summed E-state index contributed by atoms with van der Waals surface area (Å²) in [6, 6.07) is 0. The van der Waals surface area contributed by atoms with E-state index in [1.165, 1.54) is 12.8 Å². The van der Waals surface area contributed by atoms with Crippen molar-refractivity contribution in [1.82, 2.24) is 14.1 Å². The maximum atomic E-state index is 12.7. The second-order valence-corrected chi connectivity index (χ2v) is 10.5. The van der Waals surface area contributed by atoms with E-state index >= 15 is 0 Å². The molecule has 0 N–H and O–H groups in total. The molecule has 2 heterocycles. The lowest BCUT2D eigenvalue weighted by Gasteiger charge is -2.48. The van der Waals surface area contributed by atoms with Crippen LogP contribution >= 0.6 is 0 Å². The quantitative estimate of drug-likeness (QED) is 0.751. The molecular formula is C17H29N3O3S. The van der Waals surface area contributed by atoms with Gasteiger partial charge in [-0.2, -0.15) is 4.31 Å². The van der Waals surface area contributed by atoms with E-state index in [0.717, 1.165) is 45.3 Å². The minimum absolute atomic E-state index is 0.142. The molecule has 0 aromatic rings. The molecule has 1 spiro atoms. The molecule has 2 saturated heterocycles. The highest BCUT2D eigenvalue weighted by Crippen LogP contribution is 2.38. The van der Waals surface area contributed by atoms with E-state index in [1.807, 2.05) is 4.90 Å². The third-order valence-electron chi connectivity index (χ3n) is 6.45. The van der Waals surface area contributed by atoms with Gasteiger partial charge in [0, 0.05) is 44.7 Å². The first kappa shape index (κ1) is 16.8. The lowest BCUT2D eigenvalue weighted by Crippen LogP contribution is -2.62. The Morgan fingerprint density at radius 3 is 2.50 bits per heavy atom. The predicted molar refractivity (Wildman–Crippen MR) is 92.0 cm³/mol. The third kappa shape index (κ3) is 3.10. The number of piperazine rings is 1. The van der Waals surface area contributed by atoms with Crippen molar-refractivity contribution in [3.8, 4) is 0 Å². The normalized spacial score (nSPS) is 33.9. The number of likely N-dealkylation sites (N-methyl/N-ethyl adjacent to an activating group) is 1. The van der Waals surface area contributed by atoms with Crippen molar-refractivity contribution in [3.05, 3.63) is 0 Å². The Morgan fingerprint density at radius 1 is 1.08 bits per heavy atom. The first-order valence-corrected chi connectivity index (χ1v) is 10.9. The molecule has 4 fully saturated rings. The van der Waals surface area contributed by atoms with Gasteiger partial charge < -0.3 is 4.90 Å². The molecule has 6 nitrogen and oxygen atoms in total. The van der Waals surface area contributed by atoms with Gasteiger partial charge in [0.05, 0.1) is 5.25 Å². The number of nitrogens with zero attached hydrogens (tertiary/aromatic N) is 3. The number of rotatable bonds is 4.